The van der Waals surface area contributed by atoms with E-state index in [9.17, 15) is 4.79 Å². The first kappa shape index (κ1) is 10.4. The maximum atomic E-state index is 11.3. The molecule has 0 bridgehead atoms. The maximum Gasteiger partial charge on any atom is 0.336 e. The van der Waals surface area contributed by atoms with E-state index in [1.807, 2.05) is 18.2 Å². The lowest BCUT2D eigenvalue weighted by Crippen LogP contribution is -2.00. The van der Waals surface area contributed by atoms with Crippen molar-refractivity contribution in [3.05, 3.63) is 46.3 Å². The number of hydrogen-bond acceptors (Lipinski definition) is 3. The molecule has 2 rings (SSSR count). The van der Waals surface area contributed by atoms with E-state index in [-0.39, 0.29) is 5.63 Å². The summed E-state index contributed by atoms with van der Waals surface area (Å²) in [5.41, 5.74) is 1.25. The van der Waals surface area contributed by atoms with Gasteiger partial charge in [0, 0.05) is 17.9 Å². The van der Waals surface area contributed by atoms with Crippen LogP contribution in [0.2, 0.25) is 0 Å². The Kier molecular flexibility index (Phi) is 3.02. The molecule has 0 saturated heterocycles. The summed E-state index contributed by atoms with van der Waals surface area (Å²) in [6.07, 6.45) is 2.01. The minimum Gasteiger partial charge on any atom is -0.423 e. The molecule has 1 heterocycles. The van der Waals surface area contributed by atoms with Crippen molar-refractivity contribution in [2.24, 2.45) is 0 Å². The molecule has 16 heavy (non-hydrogen) atoms. The van der Waals surface area contributed by atoms with Gasteiger partial charge in [-0.05, 0) is 24.5 Å². The third-order valence-corrected chi connectivity index (χ3v) is 2.47. The lowest BCUT2D eigenvalue weighted by atomic mass is 10.0. The second-order valence-corrected chi connectivity index (χ2v) is 3.60. The summed E-state index contributed by atoms with van der Waals surface area (Å²) in [5.74, 6) is 0. The van der Waals surface area contributed by atoms with Gasteiger partial charge in [-0.15, -0.1) is 0 Å². The van der Waals surface area contributed by atoms with Gasteiger partial charge in [-0.3, -0.25) is 0 Å². The second kappa shape index (κ2) is 4.63. The zero-order chi connectivity index (χ0) is 11.4. The van der Waals surface area contributed by atoms with Crippen LogP contribution < -0.4 is 5.63 Å². The summed E-state index contributed by atoms with van der Waals surface area (Å²) >= 11 is 0. The smallest absolute Gasteiger partial charge is 0.336 e. The van der Waals surface area contributed by atoms with E-state index in [1.165, 1.54) is 6.07 Å². The molecule has 0 saturated carbocycles. The third kappa shape index (κ3) is 2.12. The van der Waals surface area contributed by atoms with Crippen molar-refractivity contribution in [2.75, 3.05) is 0 Å². The van der Waals surface area contributed by atoms with Gasteiger partial charge in [-0.2, -0.15) is 5.26 Å². The van der Waals surface area contributed by atoms with Gasteiger partial charge in [0.2, 0.25) is 0 Å². The minimum atomic E-state index is -0.328. The van der Waals surface area contributed by atoms with Gasteiger partial charge in [-0.25, -0.2) is 4.79 Å². The average Bonchev–Trinajstić information content (AvgIpc) is 2.29. The molecule has 80 valence electrons. The molecule has 0 atom stereocenters. The fraction of sp³-hybridized carbons (Fsp3) is 0.231. The molecule has 0 unspecified atom stereocenters. The number of nitriles is 1. The van der Waals surface area contributed by atoms with Crippen LogP contribution in [0.1, 0.15) is 18.4 Å². The fourth-order valence-electron chi connectivity index (χ4n) is 1.74. The average molecular weight is 213 g/mol. The quantitative estimate of drug-likeness (QED) is 0.581. The van der Waals surface area contributed by atoms with E-state index in [0.29, 0.717) is 12.0 Å². The molecule has 0 aliphatic heterocycles. The van der Waals surface area contributed by atoms with Crippen molar-refractivity contribution >= 4 is 11.0 Å². The lowest BCUT2D eigenvalue weighted by molar-refractivity contribution is 0.558. The number of aryl methyl sites for hydroxylation is 1. The SMILES string of the molecule is N#CCCCc1cc(=O)oc2ccccc12. The Labute approximate surface area is 92.9 Å². The summed E-state index contributed by atoms with van der Waals surface area (Å²) in [4.78, 5) is 11.3. The maximum absolute atomic E-state index is 11.3. The standard InChI is InChI=1S/C13H11NO2/c14-8-4-3-5-10-9-13(15)16-12-7-2-1-6-11(10)12/h1-2,6-7,9H,3-5H2. The molecular formula is C13H11NO2. The first-order chi connectivity index (χ1) is 7.81. The number of unbranched alkanes of at least 4 members (excludes halogenated alkanes) is 1. The summed E-state index contributed by atoms with van der Waals surface area (Å²) in [6, 6.07) is 11.1. The van der Waals surface area contributed by atoms with E-state index in [1.54, 1.807) is 6.07 Å². The van der Waals surface area contributed by atoms with Gasteiger partial charge in [0.25, 0.3) is 0 Å². The number of rotatable bonds is 3. The molecule has 0 radical (unpaired) electrons. The van der Waals surface area contributed by atoms with Crippen LogP contribution in [0.25, 0.3) is 11.0 Å². The molecular weight excluding hydrogens is 202 g/mol. The van der Waals surface area contributed by atoms with Crippen LogP contribution in [-0.2, 0) is 6.42 Å². The van der Waals surface area contributed by atoms with E-state index >= 15 is 0 Å². The Morgan fingerprint density at radius 2 is 2.12 bits per heavy atom. The number of fused-ring (bicyclic) bond motifs is 1. The van der Waals surface area contributed by atoms with Crippen molar-refractivity contribution in [2.45, 2.75) is 19.3 Å². The van der Waals surface area contributed by atoms with Crippen LogP contribution in [0.3, 0.4) is 0 Å². The van der Waals surface area contributed by atoms with Crippen LogP contribution in [0.15, 0.2) is 39.5 Å². The Morgan fingerprint density at radius 3 is 2.94 bits per heavy atom. The second-order valence-electron chi connectivity index (χ2n) is 3.60. The van der Waals surface area contributed by atoms with Gasteiger partial charge in [0.05, 0.1) is 6.07 Å². The van der Waals surface area contributed by atoms with Gasteiger partial charge in [-0.1, -0.05) is 18.2 Å². The van der Waals surface area contributed by atoms with Crippen LogP contribution >= 0.6 is 0 Å². The molecule has 3 heteroatoms. The van der Waals surface area contributed by atoms with Crippen LogP contribution in [0.5, 0.6) is 0 Å². The Balaban J connectivity index is 2.43. The molecule has 0 N–H and O–H groups in total. The molecule has 0 spiro atoms. The largest absolute Gasteiger partial charge is 0.423 e. The van der Waals surface area contributed by atoms with E-state index in [2.05, 4.69) is 6.07 Å². The van der Waals surface area contributed by atoms with E-state index in [0.717, 1.165) is 23.8 Å². The summed E-state index contributed by atoms with van der Waals surface area (Å²) < 4.78 is 5.09. The highest BCUT2D eigenvalue weighted by Crippen LogP contribution is 2.17. The Hall–Kier alpha value is -2.08. The zero-order valence-corrected chi connectivity index (χ0v) is 8.77. The first-order valence-electron chi connectivity index (χ1n) is 5.20. The number of benzene rings is 1. The highest BCUT2D eigenvalue weighted by Gasteiger charge is 2.04. The monoisotopic (exact) mass is 213 g/mol. The normalized spacial score (nSPS) is 10.2. The minimum absolute atomic E-state index is 0.328. The molecule has 2 aromatic rings. The highest BCUT2D eigenvalue weighted by atomic mass is 16.4. The number of hydrogen-bond donors (Lipinski definition) is 0. The van der Waals surface area contributed by atoms with Gasteiger partial charge in [0.15, 0.2) is 0 Å². The predicted molar refractivity (Wildman–Crippen MR) is 61.0 cm³/mol. The third-order valence-electron chi connectivity index (χ3n) is 2.47. The fourth-order valence-corrected chi connectivity index (χ4v) is 1.74. The number of nitrogens with zero attached hydrogens (tertiary/aromatic N) is 1. The van der Waals surface area contributed by atoms with Gasteiger partial charge < -0.3 is 4.42 Å². The van der Waals surface area contributed by atoms with Crippen molar-refractivity contribution in [3.63, 3.8) is 0 Å². The molecule has 0 aliphatic carbocycles. The summed E-state index contributed by atoms with van der Waals surface area (Å²) in [6.45, 7) is 0. The molecule has 3 nitrogen and oxygen atoms in total. The van der Waals surface area contributed by atoms with E-state index in [4.69, 9.17) is 9.68 Å². The molecule has 0 fully saturated rings. The van der Waals surface area contributed by atoms with Gasteiger partial charge >= 0.3 is 5.63 Å². The molecule has 1 aromatic heterocycles. The van der Waals surface area contributed by atoms with Crippen molar-refractivity contribution in [3.8, 4) is 6.07 Å². The number of para-hydroxylation sites is 1. The summed E-state index contributed by atoms with van der Waals surface area (Å²) in [5, 5.41) is 9.44. The Bertz CT molecular complexity index is 593. The van der Waals surface area contributed by atoms with Crippen molar-refractivity contribution in [1.82, 2.24) is 0 Å². The van der Waals surface area contributed by atoms with E-state index < -0.39 is 0 Å². The topological polar surface area (TPSA) is 54.0 Å². The highest BCUT2D eigenvalue weighted by molar-refractivity contribution is 5.79. The van der Waals surface area contributed by atoms with Crippen LogP contribution in [0.4, 0.5) is 0 Å². The molecule has 0 amide bonds. The van der Waals surface area contributed by atoms with Crippen molar-refractivity contribution < 1.29 is 4.42 Å². The van der Waals surface area contributed by atoms with Gasteiger partial charge in [0.1, 0.15) is 5.58 Å². The zero-order valence-electron chi connectivity index (χ0n) is 8.77. The van der Waals surface area contributed by atoms with Crippen molar-refractivity contribution in [1.29, 1.82) is 5.26 Å². The van der Waals surface area contributed by atoms with Crippen LogP contribution in [0, 0.1) is 11.3 Å². The molecule has 1 aromatic carbocycles. The first-order valence-corrected chi connectivity index (χ1v) is 5.20. The summed E-state index contributed by atoms with van der Waals surface area (Å²) in [7, 11) is 0. The predicted octanol–water partition coefficient (Wildman–Crippen LogP) is 2.64. The molecule has 0 aliphatic rings. The lowest BCUT2D eigenvalue weighted by Gasteiger charge is -2.03. The van der Waals surface area contributed by atoms with Crippen LogP contribution in [-0.4, -0.2) is 0 Å². The Morgan fingerprint density at radius 1 is 1.31 bits per heavy atom.